The van der Waals surface area contributed by atoms with Crippen molar-refractivity contribution in [2.45, 2.75) is 25.8 Å². The Balaban J connectivity index is 1.53. The number of nitrogens with zero attached hydrogens (tertiary/aromatic N) is 1. The minimum Gasteiger partial charge on any atom is -0.467 e. The second-order valence-corrected chi connectivity index (χ2v) is 8.50. The molecule has 3 rings (SSSR count). The molecule has 27 heavy (non-hydrogen) atoms. The number of carbonyl (C=O) groups excluding carboxylic acids is 1. The van der Waals surface area contributed by atoms with Crippen molar-refractivity contribution in [2.24, 2.45) is 5.92 Å². The van der Waals surface area contributed by atoms with Gasteiger partial charge in [-0.1, -0.05) is 30.3 Å². The van der Waals surface area contributed by atoms with Gasteiger partial charge in [-0.15, -0.1) is 0 Å². The summed E-state index contributed by atoms with van der Waals surface area (Å²) in [5.41, 5.74) is 0.835. The van der Waals surface area contributed by atoms with Crippen molar-refractivity contribution in [1.82, 2.24) is 9.62 Å². The van der Waals surface area contributed by atoms with Gasteiger partial charge in [-0.2, -0.15) is 4.31 Å². The molecule has 0 saturated carbocycles. The van der Waals surface area contributed by atoms with Crippen LogP contribution in [0.5, 0.6) is 0 Å². The van der Waals surface area contributed by atoms with Gasteiger partial charge in [0.25, 0.3) is 0 Å². The number of furan rings is 1. The predicted molar refractivity (Wildman–Crippen MR) is 104 cm³/mol. The normalized spacial score (nSPS) is 17.8. The number of nitrogens with one attached hydrogen (secondary N) is 1. The minimum atomic E-state index is -3.48. The van der Waals surface area contributed by atoms with E-state index in [1.54, 1.807) is 18.4 Å². The maximum atomic E-state index is 12.5. The molecule has 0 radical (unpaired) electrons. The molecule has 0 spiro atoms. The summed E-state index contributed by atoms with van der Waals surface area (Å²) in [7, 11) is -3.48. The van der Waals surface area contributed by atoms with Gasteiger partial charge in [0.15, 0.2) is 0 Å². The van der Waals surface area contributed by atoms with Crippen molar-refractivity contribution in [3.63, 3.8) is 0 Å². The number of amides is 1. The van der Waals surface area contributed by atoms with Gasteiger partial charge in [-0.05, 0) is 43.5 Å². The van der Waals surface area contributed by atoms with Crippen molar-refractivity contribution in [3.8, 4) is 0 Å². The lowest BCUT2D eigenvalue weighted by Crippen LogP contribution is -2.42. The molecule has 0 aliphatic carbocycles. The van der Waals surface area contributed by atoms with E-state index in [0.717, 1.165) is 5.56 Å². The second kappa shape index (κ2) is 8.54. The van der Waals surface area contributed by atoms with Gasteiger partial charge in [0.05, 0.1) is 12.3 Å². The van der Waals surface area contributed by atoms with E-state index in [1.165, 1.54) is 9.71 Å². The molecule has 1 atom stereocenters. The topological polar surface area (TPSA) is 79.6 Å². The smallest absolute Gasteiger partial charge is 0.236 e. The number of benzene rings is 1. The Bertz CT molecular complexity index is 868. The summed E-state index contributed by atoms with van der Waals surface area (Å²) >= 11 is 0. The molecule has 6 nitrogen and oxygen atoms in total. The maximum absolute atomic E-state index is 12.5. The third kappa shape index (κ3) is 5.08. The van der Waals surface area contributed by atoms with E-state index in [-0.39, 0.29) is 17.9 Å². The Morgan fingerprint density at radius 3 is 2.52 bits per heavy atom. The summed E-state index contributed by atoms with van der Waals surface area (Å²) in [6.07, 6.45) is 4.19. The van der Waals surface area contributed by atoms with E-state index in [9.17, 15) is 13.2 Å². The molecule has 2 aromatic rings. The van der Waals surface area contributed by atoms with Crippen LogP contribution in [0.3, 0.4) is 0 Å². The number of sulfonamides is 1. The van der Waals surface area contributed by atoms with Gasteiger partial charge in [0.2, 0.25) is 15.9 Å². The monoisotopic (exact) mass is 388 g/mol. The van der Waals surface area contributed by atoms with Crippen LogP contribution in [0.25, 0.3) is 6.08 Å². The highest BCUT2D eigenvalue weighted by Crippen LogP contribution is 2.22. The van der Waals surface area contributed by atoms with Gasteiger partial charge >= 0.3 is 0 Å². The second-order valence-electron chi connectivity index (χ2n) is 6.68. The molecule has 1 aliphatic rings. The SMILES string of the molecule is C[C@@H](NC(=O)C1CCN(S(=O)(=O)/C=C/c2ccccc2)CC1)c1ccco1. The molecule has 1 aromatic carbocycles. The maximum Gasteiger partial charge on any atom is 0.236 e. The van der Waals surface area contributed by atoms with E-state index in [2.05, 4.69) is 5.32 Å². The third-order valence-electron chi connectivity index (χ3n) is 4.75. The molecule has 1 fully saturated rings. The Labute approximate surface area is 159 Å². The number of hydrogen-bond donors (Lipinski definition) is 1. The molecule has 0 unspecified atom stereocenters. The van der Waals surface area contributed by atoms with Crippen molar-refractivity contribution >= 4 is 22.0 Å². The van der Waals surface area contributed by atoms with Crippen molar-refractivity contribution in [2.75, 3.05) is 13.1 Å². The highest BCUT2D eigenvalue weighted by Gasteiger charge is 2.30. The molecule has 1 amide bonds. The first-order valence-corrected chi connectivity index (χ1v) is 10.5. The van der Waals surface area contributed by atoms with Gasteiger partial charge in [-0.3, -0.25) is 4.79 Å². The fourth-order valence-electron chi connectivity index (χ4n) is 3.13. The van der Waals surface area contributed by atoms with Crippen molar-refractivity contribution in [3.05, 3.63) is 65.5 Å². The minimum absolute atomic E-state index is 0.0595. The van der Waals surface area contributed by atoms with Crippen molar-refractivity contribution in [1.29, 1.82) is 0 Å². The van der Waals surface area contributed by atoms with E-state index in [4.69, 9.17) is 4.42 Å². The third-order valence-corrected chi connectivity index (χ3v) is 6.31. The molecular weight excluding hydrogens is 364 g/mol. The molecule has 1 saturated heterocycles. The summed E-state index contributed by atoms with van der Waals surface area (Å²) in [6.45, 7) is 2.55. The number of hydrogen-bond acceptors (Lipinski definition) is 4. The lowest BCUT2D eigenvalue weighted by atomic mass is 9.97. The molecule has 2 heterocycles. The van der Waals surface area contributed by atoms with Gasteiger partial charge < -0.3 is 9.73 Å². The first-order valence-electron chi connectivity index (χ1n) is 9.03. The van der Waals surface area contributed by atoms with Crippen LogP contribution in [-0.2, 0) is 14.8 Å². The average molecular weight is 388 g/mol. The quantitative estimate of drug-likeness (QED) is 0.824. The molecule has 1 N–H and O–H groups in total. The van der Waals surface area contributed by atoms with Gasteiger partial charge in [0, 0.05) is 24.4 Å². The Morgan fingerprint density at radius 2 is 1.89 bits per heavy atom. The fourth-order valence-corrected chi connectivity index (χ4v) is 4.35. The van der Waals surface area contributed by atoms with Crippen LogP contribution in [-0.4, -0.2) is 31.7 Å². The van der Waals surface area contributed by atoms with E-state index in [1.807, 2.05) is 43.3 Å². The Kier molecular flexibility index (Phi) is 6.13. The van der Waals surface area contributed by atoms with Crippen LogP contribution < -0.4 is 5.32 Å². The van der Waals surface area contributed by atoms with Crippen LogP contribution >= 0.6 is 0 Å². The highest BCUT2D eigenvalue weighted by atomic mass is 32.2. The molecule has 0 bridgehead atoms. The van der Waals surface area contributed by atoms with Crippen LogP contribution in [0.1, 0.15) is 37.1 Å². The number of rotatable bonds is 6. The molecular formula is C20H24N2O4S. The zero-order chi connectivity index (χ0) is 19.3. The molecule has 7 heteroatoms. The van der Waals surface area contributed by atoms with Crippen molar-refractivity contribution < 1.29 is 17.6 Å². The Hall–Kier alpha value is -2.38. The number of piperidine rings is 1. The first-order chi connectivity index (χ1) is 13.0. The summed E-state index contributed by atoms with van der Waals surface area (Å²) in [4.78, 5) is 12.4. The van der Waals surface area contributed by atoms with Gasteiger partial charge in [-0.25, -0.2) is 8.42 Å². The lowest BCUT2D eigenvalue weighted by Gasteiger charge is -2.30. The van der Waals surface area contributed by atoms with Crippen LogP contribution in [0.2, 0.25) is 0 Å². The van der Waals surface area contributed by atoms with E-state index < -0.39 is 10.0 Å². The van der Waals surface area contributed by atoms with Gasteiger partial charge in [0.1, 0.15) is 5.76 Å². The largest absolute Gasteiger partial charge is 0.467 e. The average Bonchev–Trinajstić information content (AvgIpc) is 3.22. The molecule has 1 aromatic heterocycles. The Morgan fingerprint density at radius 1 is 1.19 bits per heavy atom. The fraction of sp³-hybridized carbons (Fsp3) is 0.350. The van der Waals surface area contributed by atoms with E-state index in [0.29, 0.717) is 31.7 Å². The highest BCUT2D eigenvalue weighted by molar-refractivity contribution is 7.92. The lowest BCUT2D eigenvalue weighted by molar-refractivity contribution is -0.126. The van der Waals surface area contributed by atoms with E-state index >= 15 is 0 Å². The molecule has 1 aliphatic heterocycles. The summed E-state index contributed by atoms with van der Waals surface area (Å²) in [5, 5.41) is 4.18. The van der Waals surface area contributed by atoms with Crippen LogP contribution in [0.4, 0.5) is 0 Å². The zero-order valence-corrected chi connectivity index (χ0v) is 16.1. The molecule has 144 valence electrons. The predicted octanol–water partition coefficient (Wildman–Crippen LogP) is 3.17. The van der Waals surface area contributed by atoms with Crippen LogP contribution in [0.15, 0.2) is 58.6 Å². The summed E-state index contributed by atoms with van der Waals surface area (Å²) in [5.74, 6) is 0.456. The standard InChI is InChI=1S/C20H24N2O4S/c1-16(19-8-5-14-26-19)21-20(23)18-9-12-22(13-10-18)27(24,25)15-11-17-6-3-2-4-7-17/h2-8,11,14-16,18H,9-10,12-13H2,1H3,(H,21,23)/b15-11+/t16-/m1/s1. The zero-order valence-electron chi connectivity index (χ0n) is 15.2. The number of carbonyl (C=O) groups is 1. The first kappa shape index (κ1) is 19.4. The summed E-state index contributed by atoms with van der Waals surface area (Å²) in [6, 6.07) is 12.7. The summed E-state index contributed by atoms with van der Waals surface area (Å²) < 4.78 is 31.7. The van der Waals surface area contributed by atoms with Crippen LogP contribution in [0, 0.1) is 5.92 Å².